The first-order chi connectivity index (χ1) is 13.5. The molecule has 0 amide bonds. The number of nitrogens with one attached hydrogen (secondary N) is 2. The van der Waals surface area contributed by atoms with Gasteiger partial charge in [0.2, 0.25) is 0 Å². The molecule has 29 heavy (non-hydrogen) atoms. The molecule has 0 aliphatic carbocycles. The van der Waals surface area contributed by atoms with E-state index < -0.39 is 11.7 Å². The molecular formula is C19H29F3IN3O3. The van der Waals surface area contributed by atoms with Crippen molar-refractivity contribution in [1.82, 2.24) is 10.6 Å². The summed E-state index contributed by atoms with van der Waals surface area (Å²) in [5.41, 5.74) is -0.724. The van der Waals surface area contributed by atoms with Crippen LogP contribution in [0.15, 0.2) is 29.3 Å². The second-order valence-electron chi connectivity index (χ2n) is 6.46. The number of rotatable bonds is 10. The van der Waals surface area contributed by atoms with E-state index in [2.05, 4.69) is 15.6 Å². The van der Waals surface area contributed by atoms with Gasteiger partial charge in [0, 0.05) is 32.7 Å². The third kappa shape index (κ3) is 10.4. The van der Waals surface area contributed by atoms with Gasteiger partial charge in [0.1, 0.15) is 12.4 Å². The Balaban J connectivity index is 0.00000420. The first-order valence-corrected chi connectivity index (χ1v) is 9.39. The molecule has 10 heteroatoms. The van der Waals surface area contributed by atoms with Crippen molar-refractivity contribution in [3.05, 3.63) is 29.8 Å². The summed E-state index contributed by atoms with van der Waals surface area (Å²) in [5.74, 6) is 1.31. The van der Waals surface area contributed by atoms with Gasteiger partial charge in [0.25, 0.3) is 0 Å². The Kier molecular flexibility index (Phi) is 12.3. The van der Waals surface area contributed by atoms with Crippen molar-refractivity contribution in [2.45, 2.75) is 19.0 Å². The third-order valence-electron chi connectivity index (χ3n) is 4.18. The zero-order valence-corrected chi connectivity index (χ0v) is 18.8. The van der Waals surface area contributed by atoms with Gasteiger partial charge in [-0.1, -0.05) is 6.07 Å². The minimum absolute atomic E-state index is 0. The quantitative estimate of drug-likeness (QED) is 0.210. The van der Waals surface area contributed by atoms with Crippen molar-refractivity contribution in [2.24, 2.45) is 10.9 Å². The lowest BCUT2D eigenvalue weighted by Crippen LogP contribution is -2.39. The predicted octanol–water partition coefficient (Wildman–Crippen LogP) is 3.31. The molecule has 1 aliphatic rings. The summed E-state index contributed by atoms with van der Waals surface area (Å²) in [6.45, 7) is 4.35. The zero-order valence-electron chi connectivity index (χ0n) is 16.5. The molecule has 1 saturated heterocycles. The Labute approximate surface area is 186 Å². The largest absolute Gasteiger partial charge is 0.492 e. The first-order valence-electron chi connectivity index (χ1n) is 9.39. The minimum Gasteiger partial charge on any atom is -0.492 e. The summed E-state index contributed by atoms with van der Waals surface area (Å²) in [6.07, 6.45) is -2.47. The van der Waals surface area contributed by atoms with Gasteiger partial charge in [0.15, 0.2) is 5.96 Å². The number of nitrogens with zero attached hydrogens (tertiary/aromatic N) is 1. The average Bonchev–Trinajstić information content (AvgIpc) is 3.19. The summed E-state index contributed by atoms with van der Waals surface area (Å²) >= 11 is 0. The molecule has 1 atom stereocenters. The molecule has 1 aliphatic heterocycles. The van der Waals surface area contributed by atoms with E-state index in [0.717, 1.165) is 44.8 Å². The van der Waals surface area contributed by atoms with Crippen molar-refractivity contribution < 1.29 is 27.4 Å². The molecule has 1 fully saturated rings. The number of guanidine groups is 1. The minimum atomic E-state index is -4.38. The summed E-state index contributed by atoms with van der Waals surface area (Å²) in [4.78, 5) is 4.09. The molecule has 0 saturated carbocycles. The summed E-state index contributed by atoms with van der Waals surface area (Å²) in [5, 5.41) is 6.21. The summed E-state index contributed by atoms with van der Waals surface area (Å²) in [7, 11) is 1.65. The first kappa shape index (κ1) is 25.8. The number of benzene rings is 1. The number of hydrogen-bond donors (Lipinski definition) is 2. The maximum absolute atomic E-state index is 12.7. The molecular weight excluding hydrogens is 502 g/mol. The van der Waals surface area contributed by atoms with Crippen LogP contribution in [0.2, 0.25) is 0 Å². The van der Waals surface area contributed by atoms with Crippen molar-refractivity contribution in [2.75, 3.05) is 53.2 Å². The van der Waals surface area contributed by atoms with Crippen molar-refractivity contribution in [3.8, 4) is 5.75 Å². The monoisotopic (exact) mass is 531 g/mol. The van der Waals surface area contributed by atoms with Gasteiger partial charge in [-0.25, -0.2) is 0 Å². The second kappa shape index (κ2) is 13.9. The van der Waals surface area contributed by atoms with E-state index in [9.17, 15) is 13.2 Å². The Bertz CT molecular complexity index is 612. The summed E-state index contributed by atoms with van der Waals surface area (Å²) in [6, 6.07) is 4.83. The van der Waals surface area contributed by atoms with Crippen LogP contribution in [0.25, 0.3) is 0 Å². The SMILES string of the molecule is CN=C(NCCCOCC1CCOC1)NCCOc1cccc(C(F)(F)F)c1.I. The van der Waals surface area contributed by atoms with E-state index in [-0.39, 0.29) is 36.3 Å². The smallest absolute Gasteiger partial charge is 0.416 e. The molecule has 6 nitrogen and oxygen atoms in total. The van der Waals surface area contributed by atoms with Crippen LogP contribution in [0.1, 0.15) is 18.4 Å². The fourth-order valence-electron chi connectivity index (χ4n) is 2.67. The Morgan fingerprint density at radius 1 is 1.24 bits per heavy atom. The maximum atomic E-state index is 12.7. The van der Waals surface area contributed by atoms with Gasteiger partial charge >= 0.3 is 6.18 Å². The van der Waals surface area contributed by atoms with E-state index in [1.807, 2.05) is 0 Å². The number of halogens is 4. The van der Waals surface area contributed by atoms with Crippen molar-refractivity contribution in [1.29, 1.82) is 0 Å². The molecule has 0 radical (unpaired) electrons. The maximum Gasteiger partial charge on any atom is 0.416 e. The lowest BCUT2D eigenvalue weighted by atomic mass is 10.1. The van der Waals surface area contributed by atoms with E-state index in [1.165, 1.54) is 12.1 Å². The van der Waals surface area contributed by atoms with Crippen LogP contribution in [0.3, 0.4) is 0 Å². The highest BCUT2D eigenvalue weighted by Crippen LogP contribution is 2.31. The highest BCUT2D eigenvalue weighted by molar-refractivity contribution is 14.0. The van der Waals surface area contributed by atoms with Crippen LogP contribution in [-0.4, -0.2) is 59.1 Å². The van der Waals surface area contributed by atoms with Gasteiger partial charge in [-0.3, -0.25) is 4.99 Å². The second-order valence-corrected chi connectivity index (χ2v) is 6.46. The highest BCUT2D eigenvalue weighted by atomic mass is 127. The fraction of sp³-hybridized carbons (Fsp3) is 0.632. The average molecular weight is 531 g/mol. The molecule has 0 spiro atoms. The molecule has 1 heterocycles. The molecule has 2 N–H and O–H groups in total. The van der Waals surface area contributed by atoms with Crippen LogP contribution in [0.4, 0.5) is 13.2 Å². The lowest BCUT2D eigenvalue weighted by Gasteiger charge is -2.14. The Morgan fingerprint density at radius 3 is 2.72 bits per heavy atom. The van der Waals surface area contributed by atoms with Crippen molar-refractivity contribution in [3.63, 3.8) is 0 Å². The van der Waals surface area contributed by atoms with Gasteiger partial charge in [-0.2, -0.15) is 13.2 Å². The summed E-state index contributed by atoms with van der Waals surface area (Å²) < 4.78 is 54.3. The third-order valence-corrected chi connectivity index (χ3v) is 4.18. The van der Waals surface area contributed by atoms with Crippen LogP contribution in [-0.2, 0) is 15.7 Å². The molecule has 1 aromatic rings. The topological polar surface area (TPSA) is 64.1 Å². The van der Waals surface area contributed by atoms with Crippen LogP contribution in [0.5, 0.6) is 5.75 Å². The van der Waals surface area contributed by atoms with E-state index in [1.54, 1.807) is 7.05 Å². The predicted molar refractivity (Wildman–Crippen MR) is 116 cm³/mol. The molecule has 1 unspecified atom stereocenters. The molecule has 166 valence electrons. The zero-order chi connectivity index (χ0) is 20.2. The van der Waals surface area contributed by atoms with Crippen LogP contribution in [0, 0.1) is 5.92 Å². The lowest BCUT2D eigenvalue weighted by molar-refractivity contribution is -0.137. The van der Waals surface area contributed by atoms with Crippen LogP contribution >= 0.6 is 24.0 Å². The van der Waals surface area contributed by atoms with Gasteiger partial charge in [-0.15, -0.1) is 24.0 Å². The normalized spacial score (nSPS) is 17.0. The van der Waals surface area contributed by atoms with Crippen LogP contribution < -0.4 is 15.4 Å². The number of aliphatic imine (C=N–C) groups is 1. The molecule has 0 bridgehead atoms. The standard InChI is InChI=1S/C19H28F3N3O3.HI/c1-23-18(24-7-3-9-26-13-15-6-10-27-14-15)25-8-11-28-17-5-2-4-16(12-17)19(20,21)22;/h2,4-5,12,15H,3,6-11,13-14H2,1H3,(H2,23,24,25);1H. The van der Waals surface area contributed by atoms with Crippen molar-refractivity contribution >= 4 is 29.9 Å². The van der Waals surface area contributed by atoms with E-state index in [4.69, 9.17) is 14.2 Å². The Hall–Kier alpha value is -1.27. The fourth-order valence-corrected chi connectivity index (χ4v) is 2.67. The van der Waals surface area contributed by atoms with Gasteiger partial charge in [-0.05, 0) is 31.0 Å². The van der Waals surface area contributed by atoms with Gasteiger partial charge < -0.3 is 24.8 Å². The van der Waals surface area contributed by atoms with E-state index in [0.29, 0.717) is 31.6 Å². The Morgan fingerprint density at radius 2 is 2.03 bits per heavy atom. The molecule has 1 aromatic carbocycles. The van der Waals surface area contributed by atoms with E-state index >= 15 is 0 Å². The number of alkyl halides is 3. The van der Waals surface area contributed by atoms with Gasteiger partial charge in [0.05, 0.1) is 25.3 Å². The molecule has 2 rings (SSSR count). The number of hydrogen-bond acceptors (Lipinski definition) is 4. The highest BCUT2D eigenvalue weighted by Gasteiger charge is 2.30. The molecule has 0 aromatic heterocycles. The number of ether oxygens (including phenoxy) is 3.